The van der Waals surface area contributed by atoms with Crippen molar-refractivity contribution in [3.8, 4) is 5.69 Å². The number of anilines is 1. The summed E-state index contributed by atoms with van der Waals surface area (Å²) >= 11 is 0.893. The number of thioether (sulfide) groups is 1. The van der Waals surface area contributed by atoms with Crippen LogP contribution < -0.4 is 11.5 Å². The predicted octanol–water partition coefficient (Wildman–Crippen LogP) is 1.32. The molecule has 126 valence electrons. The van der Waals surface area contributed by atoms with Gasteiger partial charge in [0, 0.05) is 12.6 Å². The van der Waals surface area contributed by atoms with E-state index < -0.39 is 5.91 Å². The summed E-state index contributed by atoms with van der Waals surface area (Å²) in [6, 6.07) is 9.09. The fourth-order valence-electron chi connectivity index (χ4n) is 1.94. The predicted molar refractivity (Wildman–Crippen MR) is 91.9 cm³/mol. The largest absolute Gasteiger partial charge is 0.395 e. The third kappa shape index (κ3) is 3.74. The molecule has 1 amide bonds. The standard InChI is InChI=1S/C15H17N5O3S/c1-3-23-19-12(14(17)22)11-13(16)20(10-7-5-4-6-8-10)15(18-11)24-9(2)21/h4-8H,3,16H2,1-2H3,(H2,17,22). The van der Waals surface area contributed by atoms with Gasteiger partial charge in [0.2, 0.25) is 0 Å². The van der Waals surface area contributed by atoms with Crippen molar-refractivity contribution < 1.29 is 14.4 Å². The summed E-state index contributed by atoms with van der Waals surface area (Å²) in [4.78, 5) is 32.4. The molecule has 1 aromatic carbocycles. The number of hydrogen-bond donors (Lipinski definition) is 2. The molecule has 0 aliphatic heterocycles. The van der Waals surface area contributed by atoms with Crippen molar-refractivity contribution in [3.63, 3.8) is 0 Å². The molecule has 0 spiro atoms. The second-order valence-electron chi connectivity index (χ2n) is 4.61. The van der Waals surface area contributed by atoms with Gasteiger partial charge in [-0.2, -0.15) is 0 Å². The van der Waals surface area contributed by atoms with Crippen LogP contribution in [0.3, 0.4) is 0 Å². The summed E-state index contributed by atoms with van der Waals surface area (Å²) in [7, 11) is 0. The third-order valence-electron chi connectivity index (χ3n) is 2.87. The van der Waals surface area contributed by atoms with Gasteiger partial charge >= 0.3 is 0 Å². The average molecular weight is 347 g/mol. The van der Waals surface area contributed by atoms with Crippen LogP contribution in [0.2, 0.25) is 0 Å². The number of nitrogens with two attached hydrogens (primary N) is 2. The molecule has 1 heterocycles. The van der Waals surface area contributed by atoms with Crippen molar-refractivity contribution >= 4 is 34.3 Å². The van der Waals surface area contributed by atoms with Crippen molar-refractivity contribution in [1.29, 1.82) is 0 Å². The molecule has 2 rings (SSSR count). The molecule has 0 radical (unpaired) electrons. The maximum atomic E-state index is 11.7. The van der Waals surface area contributed by atoms with Crippen molar-refractivity contribution in [2.45, 2.75) is 19.0 Å². The Morgan fingerprint density at radius 1 is 1.33 bits per heavy atom. The molecule has 0 unspecified atom stereocenters. The van der Waals surface area contributed by atoms with Crippen LogP contribution in [0, 0.1) is 0 Å². The topological polar surface area (TPSA) is 126 Å². The minimum atomic E-state index is -0.827. The Morgan fingerprint density at radius 2 is 2.00 bits per heavy atom. The van der Waals surface area contributed by atoms with E-state index in [2.05, 4.69) is 10.1 Å². The van der Waals surface area contributed by atoms with Crippen LogP contribution in [-0.2, 0) is 14.4 Å². The Kier molecular flexibility index (Phi) is 5.59. The van der Waals surface area contributed by atoms with Gasteiger partial charge < -0.3 is 16.3 Å². The van der Waals surface area contributed by atoms with Gasteiger partial charge in [-0.1, -0.05) is 23.4 Å². The molecule has 8 nitrogen and oxygen atoms in total. The number of imidazole rings is 1. The van der Waals surface area contributed by atoms with Crippen LogP contribution >= 0.6 is 11.8 Å². The summed E-state index contributed by atoms with van der Waals surface area (Å²) in [5.74, 6) is -0.686. The number of carbonyl (C=O) groups excluding carboxylic acids is 2. The number of nitrogen functional groups attached to an aromatic ring is 1. The molecule has 0 bridgehead atoms. The van der Waals surface area contributed by atoms with Gasteiger partial charge in [-0.15, -0.1) is 0 Å². The average Bonchev–Trinajstić information content (AvgIpc) is 2.84. The second-order valence-corrected chi connectivity index (χ2v) is 5.76. The number of benzene rings is 1. The molecular formula is C15H17N5O3S. The highest BCUT2D eigenvalue weighted by Gasteiger charge is 2.25. The van der Waals surface area contributed by atoms with E-state index in [1.54, 1.807) is 23.6 Å². The summed E-state index contributed by atoms with van der Waals surface area (Å²) in [6.07, 6.45) is 0. The first-order valence-electron chi connectivity index (χ1n) is 7.07. The Morgan fingerprint density at radius 3 is 2.54 bits per heavy atom. The van der Waals surface area contributed by atoms with E-state index in [1.165, 1.54) is 6.92 Å². The third-order valence-corrected chi connectivity index (χ3v) is 3.62. The van der Waals surface area contributed by atoms with Crippen LogP contribution in [0.15, 0.2) is 40.6 Å². The van der Waals surface area contributed by atoms with E-state index in [4.69, 9.17) is 16.3 Å². The lowest BCUT2D eigenvalue weighted by atomic mass is 10.2. The molecule has 4 N–H and O–H groups in total. The van der Waals surface area contributed by atoms with E-state index in [-0.39, 0.29) is 28.9 Å². The fraction of sp³-hybridized carbons (Fsp3) is 0.200. The molecule has 1 aromatic heterocycles. The molecule has 0 fully saturated rings. The molecule has 9 heteroatoms. The maximum Gasteiger partial charge on any atom is 0.273 e. The second kappa shape index (κ2) is 7.64. The van der Waals surface area contributed by atoms with Gasteiger partial charge in [0.25, 0.3) is 5.91 Å². The van der Waals surface area contributed by atoms with Gasteiger partial charge in [-0.05, 0) is 30.8 Å². The molecule has 0 atom stereocenters. The number of rotatable bonds is 6. The Hall–Kier alpha value is -2.81. The highest BCUT2D eigenvalue weighted by Crippen LogP contribution is 2.28. The van der Waals surface area contributed by atoms with Gasteiger partial charge in [0.1, 0.15) is 18.1 Å². The van der Waals surface area contributed by atoms with Crippen molar-refractivity contribution in [1.82, 2.24) is 9.55 Å². The van der Waals surface area contributed by atoms with Crippen molar-refractivity contribution in [2.75, 3.05) is 12.3 Å². The summed E-state index contributed by atoms with van der Waals surface area (Å²) < 4.78 is 1.56. The number of carbonyl (C=O) groups is 2. The zero-order valence-corrected chi connectivity index (χ0v) is 14.0. The van der Waals surface area contributed by atoms with E-state index >= 15 is 0 Å². The number of primary amides is 1. The number of nitrogens with zero attached hydrogens (tertiary/aromatic N) is 3. The van der Waals surface area contributed by atoms with Crippen molar-refractivity contribution in [3.05, 3.63) is 36.0 Å². The van der Waals surface area contributed by atoms with Gasteiger partial charge in [-0.3, -0.25) is 14.2 Å². The quantitative estimate of drug-likeness (QED) is 0.461. The normalized spacial score (nSPS) is 11.3. The van der Waals surface area contributed by atoms with Crippen LogP contribution in [0.1, 0.15) is 19.5 Å². The summed E-state index contributed by atoms with van der Waals surface area (Å²) in [5.41, 5.74) is 12.1. The maximum absolute atomic E-state index is 11.7. The zero-order chi connectivity index (χ0) is 17.7. The summed E-state index contributed by atoms with van der Waals surface area (Å²) in [6.45, 7) is 3.38. The highest BCUT2D eigenvalue weighted by atomic mass is 32.2. The number of oxime groups is 1. The number of para-hydroxylation sites is 1. The molecule has 0 saturated carbocycles. The molecule has 0 saturated heterocycles. The molecular weight excluding hydrogens is 330 g/mol. The fourth-order valence-corrected chi connectivity index (χ4v) is 2.63. The first kappa shape index (κ1) is 17.5. The zero-order valence-electron chi connectivity index (χ0n) is 13.2. The molecule has 24 heavy (non-hydrogen) atoms. The Balaban J connectivity index is 2.64. The lowest BCUT2D eigenvalue weighted by molar-refractivity contribution is -0.112. The van der Waals surface area contributed by atoms with Crippen LogP contribution in [-0.4, -0.2) is 32.9 Å². The Labute approximate surface area is 142 Å². The van der Waals surface area contributed by atoms with E-state index in [0.29, 0.717) is 10.8 Å². The highest BCUT2D eigenvalue weighted by molar-refractivity contribution is 8.13. The number of aromatic nitrogens is 2. The monoisotopic (exact) mass is 347 g/mol. The molecule has 2 aromatic rings. The van der Waals surface area contributed by atoms with Gasteiger partial charge in [-0.25, -0.2) is 4.98 Å². The Bertz CT molecular complexity index is 786. The van der Waals surface area contributed by atoms with Crippen LogP contribution in [0.5, 0.6) is 0 Å². The first-order valence-corrected chi connectivity index (χ1v) is 7.89. The van der Waals surface area contributed by atoms with Gasteiger partial charge in [0.05, 0.1) is 0 Å². The molecule has 0 aliphatic carbocycles. The van der Waals surface area contributed by atoms with Crippen molar-refractivity contribution in [2.24, 2.45) is 10.9 Å². The lowest BCUT2D eigenvalue weighted by Crippen LogP contribution is -2.26. The smallest absolute Gasteiger partial charge is 0.273 e. The first-order chi connectivity index (χ1) is 11.5. The minimum Gasteiger partial charge on any atom is -0.395 e. The minimum absolute atomic E-state index is 0.0727. The SMILES string of the molecule is CCON=C(C(N)=O)c1nc(SC(C)=O)n(-c2ccccc2)c1N. The lowest BCUT2D eigenvalue weighted by Gasteiger charge is -2.08. The van der Waals surface area contributed by atoms with Crippen LogP contribution in [0.4, 0.5) is 5.82 Å². The number of amides is 1. The van der Waals surface area contributed by atoms with Gasteiger partial charge in [0.15, 0.2) is 16.0 Å². The summed E-state index contributed by atoms with van der Waals surface area (Å²) in [5, 5.41) is 3.83. The van der Waals surface area contributed by atoms with E-state index in [0.717, 1.165) is 11.8 Å². The molecule has 0 aliphatic rings. The van der Waals surface area contributed by atoms with Crippen LogP contribution in [0.25, 0.3) is 5.69 Å². The number of hydrogen-bond acceptors (Lipinski definition) is 7. The van der Waals surface area contributed by atoms with E-state index in [9.17, 15) is 9.59 Å². The van der Waals surface area contributed by atoms with E-state index in [1.807, 2.05) is 18.2 Å².